The van der Waals surface area contributed by atoms with E-state index in [9.17, 15) is 24.3 Å². The van der Waals surface area contributed by atoms with E-state index < -0.39 is 12.0 Å². The number of carbonyl (C=O) groups is 2. The summed E-state index contributed by atoms with van der Waals surface area (Å²) in [5.74, 6) is -0.414. The molecule has 2 aromatic heterocycles. The average molecular weight is 407 g/mol. The maximum absolute atomic E-state index is 12.6. The van der Waals surface area contributed by atoms with Crippen LogP contribution in [0.1, 0.15) is 42.3 Å². The molecule has 0 spiro atoms. The molecule has 0 radical (unpaired) electrons. The summed E-state index contributed by atoms with van der Waals surface area (Å²) < 4.78 is 2.85. The highest BCUT2D eigenvalue weighted by Gasteiger charge is 2.35. The Hall–Kier alpha value is -2.29. The molecule has 1 fully saturated rings. The molecule has 1 aliphatic rings. The molecule has 1 amide bonds. The number of amides is 1. The van der Waals surface area contributed by atoms with E-state index in [1.54, 1.807) is 25.3 Å². The summed E-state index contributed by atoms with van der Waals surface area (Å²) in [6, 6.07) is -0.725. The van der Waals surface area contributed by atoms with Gasteiger partial charge in [-0.1, -0.05) is 6.92 Å². The van der Waals surface area contributed by atoms with Crippen LogP contribution in [-0.2, 0) is 15.3 Å². The van der Waals surface area contributed by atoms with Crippen LogP contribution in [0, 0.1) is 26.7 Å². The third-order valence-electron chi connectivity index (χ3n) is 5.62. The van der Waals surface area contributed by atoms with Gasteiger partial charge in [0.2, 0.25) is 5.91 Å². The Morgan fingerprint density at radius 2 is 1.79 bits per heavy atom. The van der Waals surface area contributed by atoms with E-state index >= 15 is 0 Å². The number of likely N-dealkylation sites (tertiary alicyclic amines) is 1. The summed E-state index contributed by atoms with van der Waals surface area (Å²) in [5, 5.41) is 9.26. The molecule has 0 bridgehead atoms. The highest BCUT2D eigenvalue weighted by molar-refractivity contribution is 7.98. The van der Waals surface area contributed by atoms with Gasteiger partial charge < -0.3 is 10.0 Å². The zero-order chi connectivity index (χ0) is 20.7. The van der Waals surface area contributed by atoms with Crippen LogP contribution in [0.3, 0.4) is 0 Å². The van der Waals surface area contributed by atoms with E-state index in [1.165, 1.54) is 21.2 Å². The minimum absolute atomic E-state index is 0.143. The molecule has 0 unspecified atom stereocenters. The molecular weight excluding hydrogens is 382 g/mol. The topological polar surface area (TPSA) is 101 Å². The second-order valence-electron chi connectivity index (χ2n) is 7.46. The fourth-order valence-corrected chi connectivity index (χ4v) is 4.95. The first-order chi connectivity index (χ1) is 13.2. The van der Waals surface area contributed by atoms with E-state index in [2.05, 4.69) is 0 Å². The van der Waals surface area contributed by atoms with Crippen molar-refractivity contribution in [3.05, 3.63) is 43.2 Å². The van der Waals surface area contributed by atoms with Crippen LogP contribution in [0.25, 0.3) is 0 Å². The summed E-state index contributed by atoms with van der Waals surface area (Å²) in [7, 11) is 0. The summed E-state index contributed by atoms with van der Waals surface area (Å²) in [6.07, 6.45) is 1.21. The van der Waals surface area contributed by atoms with Crippen molar-refractivity contribution in [3.8, 4) is 0 Å². The molecule has 152 valence electrons. The van der Waals surface area contributed by atoms with Crippen molar-refractivity contribution in [1.29, 1.82) is 0 Å². The lowest BCUT2D eigenvalue weighted by molar-refractivity contribution is -0.149. The zero-order valence-electron chi connectivity index (χ0n) is 16.5. The maximum atomic E-state index is 12.6. The first-order valence-corrected chi connectivity index (χ1v) is 10.5. The Kier molecular flexibility index (Phi) is 5.56. The van der Waals surface area contributed by atoms with Crippen LogP contribution in [0.4, 0.5) is 0 Å². The molecule has 1 aliphatic heterocycles. The fourth-order valence-electron chi connectivity index (χ4n) is 3.80. The van der Waals surface area contributed by atoms with Crippen molar-refractivity contribution in [2.45, 2.75) is 52.3 Å². The Bertz CT molecular complexity index is 1040. The lowest BCUT2D eigenvalue weighted by atomic mass is 10.1. The number of hydrogen-bond donors (Lipinski definition) is 1. The lowest BCUT2D eigenvalue weighted by Crippen LogP contribution is -2.43. The number of carbonyl (C=O) groups excluding carboxylic acids is 1. The first-order valence-electron chi connectivity index (χ1n) is 9.33. The Morgan fingerprint density at radius 3 is 2.43 bits per heavy atom. The predicted molar refractivity (Wildman–Crippen MR) is 106 cm³/mol. The standard InChI is InChI=1S/C19H25N3O5S/c1-10(16(23)20-7-5-6-14(20)19(26)27)8-28-9-15-12(3)18(25)22-17(24)11(2)13(4)21(15)22/h10,14H,5-9H2,1-4H3,(H,26,27)/t10-,14+/m1/s1. The van der Waals surface area contributed by atoms with Gasteiger partial charge in [0.15, 0.2) is 0 Å². The minimum atomic E-state index is -0.952. The van der Waals surface area contributed by atoms with E-state index in [0.717, 1.165) is 11.4 Å². The average Bonchev–Trinajstić information content (AvgIpc) is 3.30. The van der Waals surface area contributed by atoms with Crippen molar-refractivity contribution < 1.29 is 14.7 Å². The molecule has 0 aromatic carbocycles. The molecule has 3 heterocycles. The third-order valence-corrected chi connectivity index (χ3v) is 6.84. The maximum Gasteiger partial charge on any atom is 0.326 e. The van der Waals surface area contributed by atoms with Gasteiger partial charge in [-0.3, -0.25) is 18.9 Å². The molecule has 28 heavy (non-hydrogen) atoms. The van der Waals surface area contributed by atoms with Crippen molar-refractivity contribution >= 4 is 23.6 Å². The normalized spacial score (nSPS) is 18.1. The van der Waals surface area contributed by atoms with Crippen LogP contribution >= 0.6 is 11.8 Å². The van der Waals surface area contributed by atoms with Gasteiger partial charge in [-0.25, -0.2) is 4.79 Å². The first kappa shape index (κ1) is 20.4. The van der Waals surface area contributed by atoms with Gasteiger partial charge in [-0.15, -0.1) is 0 Å². The highest BCUT2D eigenvalue weighted by Crippen LogP contribution is 2.23. The highest BCUT2D eigenvalue weighted by atomic mass is 32.2. The molecule has 2 atom stereocenters. The van der Waals surface area contributed by atoms with Gasteiger partial charge in [-0.05, 0) is 33.6 Å². The molecule has 1 N–H and O–H groups in total. The lowest BCUT2D eigenvalue weighted by Gasteiger charge is -2.24. The van der Waals surface area contributed by atoms with Crippen molar-refractivity contribution in [1.82, 2.24) is 13.9 Å². The molecule has 1 saturated heterocycles. The summed E-state index contributed by atoms with van der Waals surface area (Å²) in [6.45, 7) is 7.52. The van der Waals surface area contributed by atoms with Gasteiger partial charge in [0.05, 0.1) is 5.69 Å². The summed E-state index contributed by atoms with van der Waals surface area (Å²) >= 11 is 1.51. The second-order valence-corrected chi connectivity index (χ2v) is 8.49. The zero-order valence-corrected chi connectivity index (χ0v) is 17.3. The SMILES string of the molecule is Cc1c(C)n2c(CSC[C@@H](C)C(=O)N3CCC[C@H]3C(=O)O)c(C)c(=O)n2c1=O. The number of thioether (sulfide) groups is 1. The van der Waals surface area contributed by atoms with Crippen LogP contribution in [0.5, 0.6) is 0 Å². The molecule has 0 aliphatic carbocycles. The van der Waals surface area contributed by atoms with Crippen LogP contribution < -0.4 is 11.1 Å². The number of aliphatic carboxylic acids is 1. The molecule has 2 aromatic rings. The van der Waals surface area contributed by atoms with Crippen LogP contribution in [0.2, 0.25) is 0 Å². The molecule has 3 rings (SSSR count). The van der Waals surface area contributed by atoms with E-state index in [1.807, 2.05) is 6.92 Å². The number of carboxylic acid groups (broad SMARTS) is 1. The second kappa shape index (κ2) is 7.62. The fraction of sp³-hybridized carbons (Fsp3) is 0.579. The van der Waals surface area contributed by atoms with E-state index in [0.29, 0.717) is 42.0 Å². The van der Waals surface area contributed by atoms with Gasteiger partial charge >= 0.3 is 5.97 Å². The van der Waals surface area contributed by atoms with Crippen LogP contribution in [-0.4, -0.2) is 49.3 Å². The number of fused-ring (bicyclic) bond motifs is 1. The number of aryl methyl sites for hydroxylation is 1. The van der Waals surface area contributed by atoms with Crippen LogP contribution in [0.15, 0.2) is 9.59 Å². The van der Waals surface area contributed by atoms with Crippen molar-refractivity contribution in [2.24, 2.45) is 5.92 Å². The van der Waals surface area contributed by atoms with Crippen molar-refractivity contribution in [2.75, 3.05) is 12.3 Å². The number of aromatic nitrogens is 2. The monoisotopic (exact) mass is 407 g/mol. The van der Waals surface area contributed by atoms with Crippen molar-refractivity contribution in [3.63, 3.8) is 0 Å². The Morgan fingerprint density at radius 1 is 1.14 bits per heavy atom. The summed E-state index contributed by atoms with van der Waals surface area (Å²) in [5.41, 5.74) is 2.01. The van der Waals surface area contributed by atoms with E-state index in [-0.39, 0.29) is 22.9 Å². The number of hydrogen-bond acceptors (Lipinski definition) is 5. The van der Waals surface area contributed by atoms with E-state index in [4.69, 9.17) is 0 Å². The summed E-state index contributed by atoms with van der Waals surface area (Å²) in [4.78, 5) is 50.1. The quantitative estimate of drug-likeness (QED) is 0.769. The van der Waals surface area contributed by atoms with Gasteiger partial charge in [-0.2, -0.15) is 16.3 Å². The molecular formula is C19H25N3O5S. The molecule has 9 heteroatoms. The van der Waals surface area contributed by atoms with Gasteiger partial charge in [0, 0.05) is 40.8 Å². The van der Waals surface area contributed by atoms with Gasteiger partial charge in [0.25, 0.3) is 11.1 Å². The van der Waals surface area contributed by atoms with Gasteiger partial charge in [0.1, 0.15) is 6.04 Å². The smallest absolute Gasteiger partial charge is 0.326 e. The molecule has 0 saturated carbocycles. The minimum Gasteiger partial charge on any atom is -0.480 e. The Balaban J connectivity index is 1.72. The third kappa shape index (κ3) is 3.21. The largest absolute Gasteiger partial charge is 0.480 e. The Labute approximate surface area is 166 Å². The molecule has 8 nitrogen and oxygen atoms in total. The number of rotatable bonds is 6. The number of carboxylic acids is 1. The number of nitrogens with zero attached hydrogens (tertiary/aromatic N) is 3. The predicted octanol–water partition coefficient (Wildman–Crippen LogP) is 1.07.